The van der Waals surface area contributed by atoms with Gasteiger partial charge in [-0.05, 0) is 24.6 Å². The Morgan fingerprint density at radius 3 is 2.75 bits per heavy atom. The van der Waals surface area contributed by atoms with Gasteiger partial charge in [0.25, 0.3) is 5.91 Å². The molecule has 1 N–H and O–H groups in total. The highest BCUT2D eigenvalue weighted by atomic mass is 35.5. The second-order valence-electron chi connectivity index (χ2n) is 4.47. The molecule has 0 radical (unpaired) electrons. The second-order valence-corrected chi connectivity index (χ2v) is 4.91. The predicted octanol–water partition coefficient (Wildman–Crippen LogP) is 2.42. The van der Waals surface area contributed by atoms with Crippen LogP contribution < -0.4 is 5.32 Å². The normalized spacial score (nSPS) is 10.3. The average molecular weight is 292 g/mol. The SMILES string of the molecule is CC(=O)C(=O)Nc1cc(C)n(Cc2cccc(Cl)c2)n1. The fourth-order valence-corrected chi connectivity index (χ4v) is 1.96. The van der Waals surface area contributed by atoms with E-state index in [2.05, 4.69) is 10.4 Å². The number of nitrogens with zero attached hydrogens (tertiary/aromatic N) is 2. The van der Waals surface area contributed by atoms with E-state index in [9.17, 15) is 9.59 Å². The molecule has 2 aromatic rings. The molecule has 104 valence electrons. The molecule has 0 atom stereocenters. The van der Waals surface area contributed by atoms with Crippen LogP contribution in [0.2, 0.25) is 5.02 Å². The summed E-state index contributed by atoms with van der Waals surface area (Å²) in [7, 11) is 0. The number of nitrogens with one attached hydrogen (secondary N) is 1. The molecule has 1 amide bonds. The molecule has 1 aromatic heterocycles. The zero-order valence-corrected chi connectivity index (χ0v) is 11.9. The van der Waals surface area contributed by atoms with Gasteiger partial charge in [-0.15, -0.1) is 0 Å². The van der Waals surface area contributed by atoms with Crippen LogP contribution in [0.1, 0.15) is 18.2 Å². The number of ketones is 1. The maximum Gasteiger partial charge on any atom is 0.292 e. The predicted molar refractivity (Wildman–Crippen MR) is 76.8 cm³/mol. The molecule has 0 aliphatic heterocycles. The van der Waals surface area contributed by atoms with Crippen LogP contribution in [0.5, 0.6) is 0 Å². The van der Waals surface area contributed by atoms with Gasteiger partial charge >= 0.3 is 0 Å². The van der Waals surface area contributed by atoms with Crippen molar-refractivity contribution in [2.75, 3.05) is 5.32 Å². The lowest BCUT2D eigenvalue weighted by Gasteiger charge is -2.04. The van der Waals surface area contributed by atoms with Gasteiger partial charge in [-0.25, -0.2) is 0 Å². The van der Waals surface area contributed by atoms with Crippen molar-refractivity contribution in [1.82, 2.24) is 9.78 Å². The molecule has 2 rings (SSSR count). The van der Waals surface area contributed by atoms with Crippen molar-refractivity contribution in [2.45, 2.75) is 20.4 Å². The number of aryl methyl sites for hydroxylation is 1. The smallest absolute Gasteiger partial charge is 0.292 e. The van der Waals surface area contributed by atoms with E-state index in [1.165, 1.54) is 6.92 Å². The fraction of sp³-hybridized carbons (Fsp3) is 0.214. The van der Waals surface area contributed by atoms with E-state index in [4.69, 9.17) is 11.6 Å². The van der Waals surface area contributed by atoms with E-state index >= 15 is 0 Å². The second kappa shape index (κ2) is 5.88. The van der Waals surface area contributed by atoms with Gasteiger partial charge in [0, 0.05) is 23.7 Å². The molecular formula is C14H14ClN3O2. The largest absolute Gasteiger partial charge is 0.303 e. The van der Waals surface area contributed by atoms with Crippen LogP contribution in [0.3, 0.4) is 0 Å². The van der Waals surface area contributed by atoms with Crippen LogP contribution in [-0.2, 0) is 16.1 Å². The third-order valence-corrected chi connectivity index (χ3v) is 3.00. The third-order valence-electron chi connectivity index (χ3n) is 2.76. The zero-order valence-electron chi connectivity index (χ0n) is 11.2. The highest BCUT2D eigenvalue weighted by Crippen LogP contribution is 2.14. The number of carbonyl (C=O) groups excluding carboxylic acids is 2. The Morgan fingerprint density at radius 1 is 1.35 bits per heavy atom. The Labute approximate surface area is 121 Å². The molecule has 5 nitrogen and oxygen atoms in total. The number of carbonyl (C=O) groups is 2. The van der Waals surface area contributed by atoms with Crippen LogP contribution in [-0.4, -0.2) is 21.5 Å². The maximum atomic E-state index is 11.3. The summed E-state index contributed by atoms with van der Waals surface area (Å²) in [4.78, 5) is 22.2. The molecule has 0 fully saturated rings. The maximum absolute atomic E-state index is 11.3. The lowest BCUT2D eigenvalue weighted by Crippen LogP contribution is -2.20. The van der Waals surface area contributed by atoms with Gasteiger partial charge in [0.1, 0.15) is 0 Å². The van der Waals surface area contributed by atoms with Gasteiger partial charge in [0.05, 0.1) is 6.54 Å². The van der Waals surface area contributed by atoms with Gasteiger partial charge in [-0.2, -0.15) is 5.10 Å². The van der Waals surface area contributed by atoms with Crippen LogP contribution in [0, 0.1) is 6.92 Å². The number of amides is 1. The molecule has 0 saturated carbocycles. The lowest BCUT2D eigenvalue weighted by molar-refractivity contribution is -0.133. The first kappa shape index (κ1) is 14.3. The minimum atomic E-state index is -0.669. The first-order chi connectivity index (χ1) is 9.45. The summed E-state index contributed by atoms with van der Waals surface area (Å²) in [6, 6.07) is 9.19. The molecule has 1 heterocycles. The molecule has 0 spiro atoms. The number of hydrogen-bond donors (Lipinski definition) is 1. The van der Waals surface area contributed by atoms with Crippen molar-refractivity contribution >= 4 is 29.1 Å². The summed E-state index contributed by atoms with van der Waals surface area (Å²) in [6.07, 6.45) is 0. The van der Waals surface area contributed by atoms with Gasteiger partial charge in [0.15, 0.2) is 5.82 Å². The summed E-state index contributed by atoms with van der Waals surface area (Å²) in [5, 5.41) is 7.36. The van der Waals surface area contributed by atoms with E-state index < -0.39 is 11.7 Å². The van der Waals surface area contributed by atoms with Crippen molar-refractivity contribution in [3.8, 4) is 0 Å². The first-order valence-electron chi connectivity index (χ1n) is 6.06. The summed E-state index contributed by atoms with van der Waals surface area (Å²) in [6.45, 7) is 3.63. The first-order valence-corrected chi connectivity index (χ1v) is 6.44. The molecule has 6 heteroatoms. The van der Waals surface area contributed by atoms with E-state index in [0.717, 1.165) is 11.3 Å². The van der Waals surface area contributed by atoms with Gasteiger partial charge in [-0.1, -0.05) is 23.7 Å². The minimum Gasteiger partial charge on any atom is -0.303 e. The zero-order chi connectivity index (χ0) is 14.7. The Balaban J connectivity index is 2.15. The third kappa shape index (κ3) is 3.45. The van der Waals surface area contributed by atoms with Crippen molar-refractivity contribution in [3.05, 3.63) is 46.6 Å². The van der Waals surface area contributed by atoms with Crippen LogP contribution >= 0.6 is 11.6 Å². The molecule has 0 saturated heterocycles. The molecule has 0 bridgehead atoms. The van der Waals surface area contributed by atoms with Crippen LogP contribution in [0.4, 0.5) is 5.82 Å². The lowest BCUT2D eigenvalue weighted by atomic mass is 10.2. The number of aromatic nitrogens is 2. The molecule has 20 heavy (non-hydrogen) atoms. The number of benzene rings is 1. The van der Waals surface area contributed by atoms with Gasteiger partial charge in [0.2, 0.25) is 5.78 Å². The summed E-state index contributed by atoms with van der Waals surface area (Å²) >= 11 is 5.94. The average Bonchev–Trinajstić information content (AvgIpc) is 2.69. The van der Waals surface area contributed by atoms with Gasteiger partial charge in [-0.3, -0.25) is 14.3 Å². The standard InChI is InChI=1S/C14H14ClN3O2/c1-9-6-13(16-14(20)10(2)19)17-18(9)8-11-4-3-5-12(15)7-11/h3-7H,8H2,1-2H3,(H,16,17,20). The highest BCUT2D eigenvalue weighted by molar-refractivity contribution is 6.39. The molecule has 0 unspecified atom stereocenters. The fourth-order valence-electron chi connectivity index (χ4n) is 1.74. The van der Waals surface area contributed by atoms with E-state index in [0.29, 0.717) is 17.4 Å². The Hall–Kier alpha value is -2.14. The molecule has 1 aromatic carbocycles. The van der Waals surface area contributed by atoms with E-state index in [-0.39, 0.29) is 0 Å². The van der Waals surface area contributed by atoms with Crippen molar-refractivity contribution in [1.29, 1.82) is 0 Å². The van der Waals surface area contributed by atoms with Crippen LogP contribution in [0.15, 0.2) is 30.3 Å². The Morgan fingerprint density at radius 2 is 2.10 bits per heavy atom. The van der Waals surface area contributed by atoms with Crippen molar-refractivity contribution < 1.29 is 9.59 Å². The minimum absolute atomic E-state index is 0.365. The van der Waals surface area contributed by atoms with E-state index in [1.54, 1.807) is 16.8 Å². The summed E-state index contributed by atoms with van der Waals surface area (Å²) in [5.74, 6) is -0.853. The monoisotopic (exact) mass is 291 g/mol. The van der Waals surface area contributed by atoms with E-state index in [1.807, 2.05) is 25.1 Å². The number of Topliss-reactive ketones (excluding diaryl/α,β-unsaturated/α-hetero) is 1. The van der Waals surface area contributed by atoms with Crippen molar-refractivity contribution in [3.63, 3.8) is 0 Å². The summed E-state index contributed by atoms with van der Waals surface area (Å²) < 4.78 is 1.74. The number of halogens is 1. The Bertz CT molecular complexity index is 664. The number of rotatable bonds is 4. The molecule has 0 aliphatic rings. The number of anilines is 1. The molecule has 0 aliphatic carbocycles. The Kier molecular flexibility index (Phi) is 4.20. The van der Waals surface area contributed by atoms with Crippen LogP contribution in [0.25, 0.3) is 0 Å². The highest BCUT2D eigenvalue weighted by Gasteiger charge is 2.11. The summed E-state index contributed by atoms with van der Waals surface area (Å²) in [5.41, 5.74) is 1.89. The molecular weight excluding hydrogens is 278 g/mol. The quantitative estimate of drug-likeness (QED) is 0.880. The number of hydrogen-bond acceptors (Lipinski definition) is 3. The van der Waals surface area contributed by atoms with Gasteiger partial charge < -0.3 is 5.32 Å². The topological polar surface area (TPSA) is 64.0 Å². The van der Waals surface area contributed by atoms with Crippen molar-refractivity contribution in [2.24, 2.45) is 0 Å².